The zero-order valence-corrected chi connectivity index (χ0v) is 14.2. The molecule has 0 radical (unpaired) electrons. The number of aryl methyl sites for hydroxylation is 1. The minimum atomic E-state index is -0.624. The van der Waals surface area contributed by atoms with Gasteiger partial charge in [-0.3, -0.25) is 4.79 Å². The van der Waals surface area contributed by atoms with Crippen LogP contribution in [0.4, 0.5) is 5.69 Å². The third-order valence-corrected chi connectivity index (χ3v) is 3.48. The highest BCUT2D eigenvalue weighted by Crippen LogP contribution is 2.23. The van der Waals surface area contributed by atoms with Crippen molar-refractivity contribution in [3.05, 3.63) is 53.1 Å². The van der Waals surface area contributed by atoms with E-state index < -0.39 is 6.10 Å². The number of anilines is 1. The molecule has 122 valence electrons. The van der Waals surface area contributed by atoms with Crippen molar-refractivity contribution in [2.75, 3.05) is 11.9 Å². The Morgan fingerprint density at radius 1 is 1.22 bits per heavy atom. The number of carbonyl (C=O) groups is 1. The molecule has 0 bridgehead atoms. The lowest BCUT2D eigenvalue weighted by molar-refractivity contribution is -0.122. The highest BCUT2D eigenvalue weighted by molar-refractivity contribution is 6.30. The molecule has 1 atom stereocenters. The van der Waals surface area contributed by atoms with Crippen LogP contribution >= 0.6 is 11.6 Å². The molecule has 2 rings (SSSR count). The SMILES string of the molecule is CCOc1ccc(NC(=O)[C@H](C)Oc2ccc(Cl)cc2C)cc1. The lowest BCUT2D eigenvalue weighted by Gasteiger charge is -2.16. The topological polar surface area (TPSA) is 47.6 Å². The quantitative estimate of drug-likeness (QED) is 0.849. The van der Waals surface area contributed by atoms with Gasteiger partial charge < -0.3 is 14.8 Å². The van der Waals surface area contributed by atoms with Gasteiger partial charge >= 0.3 is 0 Å². The summed E-state index contributed by atoms with van der Waals surface area (Å²) in [5.41, 5.74) is 1.58. The standard InChI is InChI=1S/C18H20ClNO3/c1-4-22-16-8-6-15(7-9-16)20-18(21)13(3)23-17-10-5-14(19)11-12(17)2/h5-11,13H,4H2,1-3H3,(H,20,21)/t13-/m0/s1. The predicted molar refractivity (Wildman–Crippen MR) is 92.5 cm³/mol. The van der Waals surface area contributed by atoms with Gasteiger partial charge in [0.1, 0.15) is 11.5 Å². The summed E-state index contributed by atoms with van der Waals surface area (Å²) in [5, 5.41) is 3.46. The summed E-state index contributed by atoms with van der Waals surface area (Å²) < 4.78 is 11.1. The Labute approximate surface area is 141 Å². The molecule has 0 spiro atoms. The van der Waals surface area contributed by atoms with Crippen LogP contribution in [-0.4, -0.2) is 18.6 Å². The van der Waals surface area contributed by atoms with Crippen molar-refractivity contribution in [1.82, 2.24) is 0 Å². The first-order chi connectivity index (χ1) is 11.0. The minimum Gasteiger partial charge on any atom is -0.494 e. The van der Waals surface area contributed by atoms with Gasteiger partial charge in [-0.25, -0.2) is 0 Å². The van der Waals surface area contributed by atoms with Crippen molar-refractivity contribution in [2.45, 2.75) is 26.9 Å². The van der Waals surface area contributed by atoms with Gasteiger partial charge in [0.2, 0.25) is 0 Å². The van der Waals surface area contributed by atoms with Crippen LogP contribution in [0.3, 0.4) is 0 Å². The average Bonchev–Trinajstić information content (AvgIpc) is 2.52. The fraction of sp³-hybridized carbons (Fsp3) is 0.278. The van der Waals surface area contributed by atoms with Crippen LogP contribution in [0.5, 0.6) is 11.5 Å². The largest absolute Gasteiger partial charge is 0.494 e. The lowest BCUT2D eigenvalue weighted by Crippen LogP contribution is -2.30. The highest BCUT2D eigenvalue weighted by Gasteiger charge is 2.16. The summed E-state index contributed by atoms with van der Waals surface area (Å²) in [7, 11) is 0. The molecule has 0 unspecified atom stereocenters. The summed E-state index contributed by atoms with van der Waals surface area (Å²) in [6, 6.07) is 12.5. The fourth-order valence-electron chi connectivity index (χ4n) is 2.03. The molecule has 0 aliphatic rings. The number of halogens is 1. The second-order valence-electron chi connectivity index (χ2n) is 5.12. The van der Waals surface area contributed by atoms with Crippen molar-refractivity contribution >= 4 is 23.2 Å². The number of rotatable bonds is 6. The van der Waals surface area contributed by atoms with E-state index in [2.05, 4.69) is 5.32 Å². The number of nitrogens with one attached hydrogen (secondary N) is 1. The monoisotopic (exact) mass is 333 g/mol. The van der Waals surface area contributed by atoms with Gasteiger partial charge in [-0.1, -0.05) is 11.6 Å². The second kappa shape index (κ2) is 7.88. The van der Waals surface area contributed by atoms with Gasteiger partial charge in [0.25, 0.3) is 5.91 Å². The minimum absolute atomic E-state index is 0.219. The Morgan fingerprint density at radius 3 is 2.52 bits per heavy atom. The number of hydrogen-bond acceptors (Lipinski definition) is 3. The summed E-state index contributed by atoms with van der Waals surface area (Å²) in [6.45, 7) is 6.13. The smallest absolute Gasteiger partial charge is 0.265 e. The normalized spacial score (nSPS) is 11.7. The van der Waals surface area contributed by atoms with E-state index in [0.29, 0.717) is 23.1 Å². The molecule has 23 heavy (non-hydrogen) atoms. The van der Waals surface area contributed by atoms with E-state index in [1.165, 1.54) is 0 Å². The van der Waals surface area contributed by atoms with Crippen LogP contribution in [0, 0.1) is 6.92 Å². The second-order valence-corrected chi connectivity index (χ2v) is 5.55. The van der Waals surface area contributed by atoms with Crippen molar-refractivity contribution in [3.63, 3.8) is 0 Å². The van der Waals surface area contributed by atoms with E-state index in [0.717, 1.165) is 11.3 Å². The zero-order chi connectivity index (χ0) is 16.8. The molecule has 4 nitrogen and oxygen atoms in total. The number of hydrogen-bond donors (Lipinski definition) is 1. The maximum absolute atomic E-state index is 12.2. The van der Waals surface area contributed by atoms with Gasteiger partial charge in [-0.15, -0.1) is 0 Å². The number of amides is 1. The van der Waals surface area contributed by atoms with Crippen molar-refractivity contribution in [1.29, 1.82) is 0 Å². The molecular weight excluding hydrogens is 314 g/mol. The van der Waals surface area contributed by atoms with Gasteiger partial charge in [0, 0.05) is 10.7 Å². The van der Waals surface area contributed by atoms with Crippen LogP contribution in [-0.2, 0) is 4.79 Å². The Kier molecular flexibility index (Phi) is 5.88. The molecule has 2 aromatic carbocycles. The van der Waals surface area contributed by atoms with E-state index in [1.807, 2.05) is 26.0 Å². The van der Waals surface area contributed by atoms with E-state index in [9.17, 15) is 4.79 Å². The Morgan fingerprint density at radius 2 is 1.91 bits per heavy atom. The molecule has 0 aromatic heterocycles. The molecular formula is C18H20ClNO3. The molecule has 5 heteroatoms. The van der Waals surface area contributed by atoms with Gasteiger partial charge in [-0.2, -0.15) is 0 Å². The van der Waals surface area contributed by atoms with Crippen molar-refractivity contribution in [2.24, 2.45) is 0 Å². The Balaban J connectivity index is 1.96. The molecule has 1 amide bonds. The molecule has 0 saturated carbocycles. The average molecular weight is 334 g/mol. The Hall–Kier alpha value is -2.20. The maximum Gasteiger partial charge on any atom is 0.265 e. The van der Waals surface area contributed by atoms with Crippen LogP contribution < -0.4 is 14.8 Å². The van der Waals surface area contributed by atoms with Crippen LogP contribution in [0.25, 0.3) is 0 Å². The molecule has 0 fully saturated rings. The van der Waals surface area contributed by atoms with Crippen molar-refractivity contribution < 1.29 is 14.3 Å². The maximum atomic E-state index is 12.2. The van der Waals surface area contributed by atoms with Crippen LogP contribution in [0.1, 0.15) is 19.4 Å². The molecule has 2 aromatic rings. The third kappa shape index (κ3) is 4.89. The van der Waals surface area contributed by atoms with Crippen molar-refractivity contribution in [3.8, 4) is 11.5 Å². The molecule has 1 N–H and O–H groups in total. The summed E-state index contributed by atoms with van der Waals surface area (Å²) >= 11 is 5.91. The molecule has 0 heterocycles. The van der Waals surface area contributed by atoms with Gasteiger partial charge in [0.15, 0.2) is 6.10 Å². The molecule has 0 saturated heterocycles. The first-order valence-electron chi connectivity index (χ1n) is 7.46. The zero-order valence-electron chi connectivity index (χ0n) is 13.4. The van der Waals surface area contributed by atoms with Gasteiger partial charge in [0.05, 0.1) is 6.61 Å². The fourth-order valence-corrected chi connectivity index (χ4v) is 2.26. The highest BCUT2D eigenvalue weighted by atomic mass is 35.5. The van der Waals surface area contributed by atoms with E-state index in [-0.39, 0.29) is 5.91 Å². The Bertz CT molecular complexity index is 670. The molecule has 0 aliphatic carbocycles. The van der Waals surface area contributed by atoms with Crippen LogP contribution in [0.2, 0.25) is 5.02 Å². The van der Waals surface area contributed by atoms with Gasteiger partial charge in [-0.05, 0) is 68.8 Å². The number of carbonyl (C=O) groups excluding carboxylic acids is 1. The summed E-state index contributed by atoms with van der Waals surface area (Å²) in [5.74, 6) is 1.19. The van der Waals surface area contributed by atoms with E-state index in [1.54, 1.807) is 37.3 Å². The first-order valence-corrected chi connectivity index (χ1v) is 7.84. The third-order valence-electron chi connectivity index (χ3n) is 3.24. The summed E-state index contributed by atoms with van der Waals surface area (Å²) in [6.07, 6.45) is -0.624. The lowest BCUT2D eigenvalue weighted by atomic mass is 10.2. The number of benzene rings is 2. The summed E-state index contributed by atoms with van der Waals surface area (Å²) in [4.78, 5) is 12.2. The number of ether oxygens (including phenoxy) is 2. The first kappa shape index (κ1) is 17.2. The van der Waals surface area contributed by atoms with E-state index >= 15 is 0 Å². The molecule has 0 aliphatic heterocycles. The van der Waals surface area contributed by atoms with E-state index in [4.69, 9.17) is 21.1 Å². The predicted octanol–water partition coefficient (Wildman–Crippen LogP) is 4.45. The van der Waals surface area contributed by atoms with Crippen LogP contribution in [0.15, 0.2) is 42.5 Å².